The van der Waals surface area contributed by atoms with Gasteiger partial charge in [0.2, 0.25) is 0 Å². The van der Waals surface area contributed by atoms with E-state index in [2.05, 4.69) is 9.05 Å². The fourth-order valence-electron chi connectivity index (χ4n) is 0.282. The van der Waals surface area contributed by atoms with E-state index >= 15 is 0 Å². The third-order valence-corrected chi connectivity index (χ3v) is 1.44. The van der Waals surface area contributed by atoms with Crippen molar-refractivity contribution in [2.24, 2.45) is 5.73 Å². The summed E-state index contributed by atoms with van der Waals surface area (Å²) in [5.41, 5.74) is 5.12. The number of aliphatic hydroxyl groups excluding tert-OH is 1. The van der Waals surface area contributed by atoms with Crippen LogP contribution in [0.5, 0.6) is 0 Å². The topological polar surface area (TPSA) is 81.8 Å². The second kappa shape index (κ2) is 5.70. The quantitative estimate of drug-likeness (QED) is 0.445. The molecule has 0 aliphatic rings. The molecule has 0 rings (SSSR count). The van der Waals surface area contributed by atoms with Crippen LogP contribution in [0.2, 0.25) is 0 Å². The normalized spacial score (nSPS) is 14.9. The second-order valence-electron chi connectivity index (χ2n) is 1.59. The zero-order valence-electron chi connectivity index (χ0n) is 5.69. The molecule has 6 heteroatoms. The predicted octanol–water partition coefficient (Wildman–Crippen LogP) is -0.0260. The van der Waals surface area contributed by atoms with Gasteiger partial charge >= 0.3 is 8.25 Å². The summed E-state index contributed by atoms with van der Waals surface area (Å²) < 4.78 is 19.5. The van der Waals surface area contributed by atoms with Gasteiger partial charge in [-0.2, -0.15) is 0 Å². The first kappa shape index (κ1) is 9.94. The monoisotopic (exact) mass is 168 g/mol. The maximum atomic E-state index is 10.5. The van der Waals surface area contributed by atoms with Gasteiger partial charge in [0.15, 0.2) is 6.23 Å². The Kier molecular flexibility index (Phi) is 5.67. The van der Waals surface area contributed by atoms with Crippen LogP contribution in [0.25, 0.3) is 0 Å². The summed E-state index contributed by atoms with van der Waals surface area (Å²) in [5, 5.41) is 8.21. The molecule has 0 aliphatic carbocycles. The molecule has 0 amide bonds. The van der Waals surface area contributed by atoms with Gasteiger partial charge in [0.25, 0.3) is 0 Å². The first-order valence-corrected chi connectivity index (χ1v) is 3.89. The van der Waals surface area contributed by atoms with Gasteiger partial charge < -0.3 is 10.8 Å². The molecule has 0 aliphatic heterocycles. The lowest BCUT2D eigenvalue weighted by atomic mass is 10.7. The van der Waals surface area contributed by atoms with Gasteiger partial charge in [-0.1, -0.05) is 0 Å². The largest absolute Gasteiger partial charge is 0.699 e. The highest BCUT2D eigenvalue weighted by molar-refractivity contribution is 7.33. The Labute approximate surface area is 60.1 Å². The molecule has 0 bridgehead atoms. The number of hydrogen-bond donors (Lipinski definition) is 2. The van der Waals surface area contributed by atoms with Crippen LogP contribution < -0.4 is 5.73 Å². The maximum Gasteiger partial charge on any atom is 0.699 e. The van der Waals surface area contributed by atoms with Gasteiger partial charge in [-0.15, -0.1) is 9.05 Å². The van der Waals surface area contributed by atoms with E-state index in [1.807, 2.05) is 0 Å². The van der Waals surface area contributed by atoms with Crippen LogP contribution in [-0.2, 0) is 13.6 Å². The summed E-state index contributed by atoms with van der Waals surface area (Å²) in [4.78, 5) is 0. The molecule has 0 fully saturated rings. The highest BCUT2D eigenvalue weighted by Crippen LogP contribution is 2.23. The first-order valence-electron chi connectivity index (χ1n) is 2.80. The van der Waals surface area contributed by atoms with Crippen LogP contribution in [0.15, 0.2) is 0 Å². The summed E-state index contributed by atoms with van der Waals surface area (Å²) in [6.07, 6.45) is -0.609. The minimum atomic E-state index is -2.16. The Morgan fingerprint density at radius 1 is 1.80 bits per heavy atom. The SMILES string of the molecule is CC(N)O[P+](=O)OCCO. The molecule has 0 saturated heterocycles. The Balaban J connectivity index is 3.26. The van der Waals surface area contributed by atoms with E-state index in [0.717, 1.165) is 0 Å². The molecule has 2 atom stereocenters. The maximum absolute atomic E-state index is 10.5. The molecular formula is C4H11NO4P+. The molecule has 3 N–H and O–H groups in total. The molecule has 0 saturated carbocycles. The fraction of sp³-hybridized carbons (Fsp3) is 1.00. The van der Waals surface area contributed by atoms with Crippen molar-refractivity contribution in [3.05, 3.63) is 0 Å². The average Bonchev–Trinajstić information content (AvgIpc) is 1.82. The number of rotatable bonds is 5. The summed E-state index contributed by atoms with van der Waals surface area (Å²) in [6, 6.07) is 0. The molecule has 2 unspecified atom stereocenters. The van der Waals surface area contributed by atoms with Crippen molar-refractivity contribution >= 4 is 8.25 Å². The second-order valence-corrected chi connectivity index (χ2v) is 2.51. The third-order valence-electron chi connectivity index (χ3n) is 0.540. The molecule has 0 heterocycles. The van der Waals surface area contributed by atoms with E-state index in [9.17, 15) is 4.57 Å². The van der Waals surface area contributed by atoms with Gasteiger partial charge in [0.05, 0.1) is 6.61 Å². The lowest BCUT2D eigenvalue weighted by molar-refractivity contribution is 0.152. The van der Waals surface area contributed by atoms with Crippen molar-refractivity contribution in [3.63, 3.8) is 0 Å². The molecule has 10 heavy (non-hydrogen) atoms. The highest BCUT2D eigenvalue weighted by Gasteiger charge is 2.21. The molecule has 0 spiro atoms. The van der Waals surface area contributed by atoms with Crippen molar-refractivity contribution in [1.29, 1.82) is 0 Å². The molecule has 60 valence electrons. The van der Waals surface area contributed by atoms with E-state index in [1.165, 1.54) is 6.92 Å². The van der Waals surface area contributed by atoms with Gasteiger partial charge in [-0.25, -0.2) is 0 Å². The molecule has 0 aromatic rings. The Morgan fingerprint density at radius 2 is 2.40 bits per heavy atom. The molecule has 5 nitrogen and oxygen atoms in total. The first-order chi connectivity index (χ1) is 4.66. The Hall–Kier alpha value is -0.0600. The van der Waals surface area contributed by atoms with Crippen LogP contribution in [0, 0.1) is 0 Å². The number of nitrogens with two attached hydrogens (primary N) is 1. The molecule has 0 aromatic heterocycles. The van der Waals surface area contributed by atoms with Gasteiger partial charge in [0, 0.05) is 4.57 Å². The Morgan fingerprint density at radius 3 is 2.80 bits per heavy atom. The summed E-state index contributed by atoms with van der Waals surface area (Å²) >= 11 is 0. The molecular weight excluding hydrogens is 157 g/mol. The minimum absolute atomic E-state index is 0.00191. The Bertz CT molecular complexity index is 107. The lowest BCUT2D eigenvalue weighted by Crippen LogP contribution is -2.15. The number of hydrogen-bond acceptors (Lipinski definition) is 5. The van der Waals surface area contributed by atoms with Crippen molar-refractivity contribution in [1.82, 2.24) is 0 Å². The summed E-state index contributed by atoms with van der Waals surface area (Å²) in [7, 11) is -2.16. The summed E-state index contributed by atoms with van der Waals surface area (Å²) in [6.45, 7) is 1.36. The van der Waals surface area contributed by atoms with Crippen LogP contribution >= 0.6 is 8.25 Å². The zero-order chi connectivity index (χ0) is 7.98. The van der Waals surface area contributed by atoms with Crippen LogP contribution in [-0.4, -0.2) is 24.5 Å². The van der Waals surface area contributed by atoms with E-state index in [4.69, 9.17) is 10.8 Å². The van der Waals surface area contributed by atoms with Crippen LogP contribution in [0.4, 0.5) is 0 Å². The summed E-state index contributed by atoms with van der Waals surface area (Å²) in [5.74, 6) is 0. The van der Waals surface area contributed by atoms with E-state index in [0.29, 0.717) is 0 Å². The standard InChI is InChI=1S/C4H11NO4P/c1-4(5)9-10(7)8-3-2-6/h4,6H,2-3,5H2,1H3/q+1. The van der Waals surface area contributed by atoms with E-state index < -0.39 is 14.5 Å². The minimum Gasteiger partial charge on any atom is -0.394 e. The third kappa shape index (κ3) is 6.07. The van der Waals surface area contributed by atoms with Crippen molar-refractivity contribution in [3.8, 4) is 0 Å². The van der Waals surface area contributed by atoms with Crippen molar-refractivity contribution in [2.45, 2.75) is 13.2 Å². The van der Waals surface area contributed by atoms with Crippen molar-refractivity contribution in [2.75, 3.05) is 13.2 Å². The fourth-order valence-corrected chi connectivity index (χ4v) is 0.845. The van der Waals surface area contributed by atoms with Crippen molar-refractivity contribution < 1.29 is 18.7 Å². The van der Waals surface area contributed by atoms with Gasteiger partial charge in [0.1, 0.15) is 6.61 Å². The molecule has 0 radical (unpaired) electrons. The van der Waals surface area contributed by atoms with Crippen LogP contribution in [0.1, 0.15) is 6.92 Å². The van der Waals surface area contributed by atoms with E-state index in [-0.39, 0.29) is 13.2 Å². The lowest BCUT2D eigenvalue weighted by Gasteiger charge is -1.91. The molecule has 0 aromatic carbocycles. The van der Waals surface area contributed by atoms with Gasteiger partial charge in [-0.3, -0.25) is 0 Å². The van der Waals surface area contributed by atoms with Gasteiger partial charge in [-0.05, 0) is 6.92 Å². The smallest absolute Gasteiger partial charge is 0.394 e. The average molecular weight is 168 g/mol. The van der Waals surface area contributed by atoms with E-state index in [1.54, 1.807) is 0 Å². The highest BCUT2D eigenvalue weighted by atomic mass is 31.1. The zero-order valence-corrected chi connectivity index (χ0v) is 6.58. The van der Waals surface area contributed by atoms with Crippen LogP contribution in [0.3, 0.4) is 0 Å². The number of aliphatic hydroxyl groups is 1. The predicted molar refractivity (Wildman–Crippen MR) is 35.4 cm³/mol.